The van der Waals surface area contributed by atoms with Gasteiger partial charge in [0.25, 0.3) is 0 Å². The van der Waals surface area contributed by atoms with Crippen molar-refractivity contribution in [3.05, 3.63) is 28.5 Å². The van der Waals surface area contributed by atoms with Crippen molar-refractivity contribution in [3.63, 3.8) is 0 Å². The Morgan fingerprint density at radius 1 is 1.60 bits per heavy atom. The van der Waals surface area contributed by atoms with Crippen LogP contribution in [0.15, 0.2) is 12.4 Å². The van der Waals surface area contributed by atoms with Gasteiger partial charge in [-0.05, 0) is 13.3 Å². The molecular formula is C13H19N5OS. The number of amides is 1. The molecule has 0 spiro atoms. The molecule has 0 bridgehead atoms. The molecule has 1 atom stereocenters. The number of nitrogens with zero attached hydrogens (tertiary/aromatic N) is 3. The van der Waals surface area contributed by atoms with E-state index in [9.17, 15) is 4.79 Å². The molecule has 0 aromatic carbocycles. The highest BCUT2D eigenvalue weighted by molar-refractivity contribution is 7.15. The van der Waals surface area contributed by atoms with Gasteiger partial charge in [-0.15, -0.1) is 11.3 Å². The van der Waals surface area contributed by atoms with Crippen LogP contribution in [0.3, 0.4) is 0 Å². The molecule has 0 aliphatic rings. The Hall–Kier alpha value is -1.89. The highest BCUT2D eigenvalue weighted by Crippen LogP contribution is 2.21. The molecule has 2 rings (SSSR count). The minimum atomic E-state index is -0.0209. The van der Waals surface area contributed by atoms with Gasteiger partial charge >= 0.3 is 0 Å². The smallest absolute Gasteiger partial charge is 0.225 e. The van der Waals surface area contributed by atoms with Gasteiger partial charge in [0.2, 0.25) is 5.91 Å². The van der Waals surface area contributed by atoms with Crippen molar-refractivity contribution in [2.75, 3.05) is 5.73 Å². The van der Waals surface area contributed by atoms with Crippen molar-refractivity contribution in [2.24, 2.45) is 7.05 Å². The van der Waals surface area contributed by atoms with Crippen molar-refractivity contribution in [1.82, 2.24) is 20.1 Å². The Kier molecular flexibility index (Phi) is 4.39. The zero-order chi connectivity index (χ0) is 14.7. The molecule has 2 heterocycles. The first kappa shape index (κ1) is 14.5. The van der Waals surface area contributed by atoms with E-state index < -0.39 is 0 Å². The molecule has 0 saturated carbocycles. The summed E-state index contributed by atoms with van der Waals surface area (Å²) in [6.07, 6.45) is 4.84. The van der Waals surface area contributed by atoms with Crippen LogP contribution in [0.25, 0.3) is 0 Å². The molecule has 2 aromatic heterocycles. The second-order valence-corrected chi connectivity index (χ2v) is 5.83. The van der Waals surface area contributed by atoms with Gasteiger partial charge in [-0.3, -0.25) is 9.48 Å². The van der Waals surface area contributed by atoms with Gasteiger partial charge in [-0.2, -0.15) is 5.10 Å². The molecule has 2 aromatic rings. The molecule has 0 fully saturated rings. The zero-order valence-electron chi connectivity index (χ0n) is 11.9. The van der Waals surface area contributed by atoms with Crippen LogP contribution >= 0.6 is 11.3 Å². The maximum absolute atomic E-state index is 12.1. The molecular weight excluding hydrogens is 274 g/mol. The fourth-order valence-corrected chi connectivity index (χ4v) is 2.88. The highest BCUT2D eigenvalue weighted by atomic mass is 32.1. The molecule has 108 valence electrons. The first-order chi connectivity index (χ1) is 9.49. The van der Waals surface area contributed by atoms with Crippen molar-refractivity contribution in [3.8, 4) is 0 Å². The monoisotopic (exact) mass is 293 g/mol. The van der Waals surface area contributed by atoms with Gasteiger partial charge in [0.1, 0.15) is 0 Å². The number of hydrogen-bond donors (Lipinski definition) is 2. The molecule has 6 nitrogen and oxygen atoms in total. The van der Waals surface area contributed by atoms with E-state index in [4.69, 9.17) is 5.73 Å². The fraction of sp³-hybridized carbons (Fsp3) is 0.462. The Bertz CT molecular complexity index is 604. The quantitative estimate of drug-likeness (QED) is 0.876. The number of carbonyl (C=O) groups is 1. The van der Waals surface area contributed by atoms with E-state index in [2.05, 4.69) is 15.4 Å². The second kappa shape index (κ2) is 6.04. The minimum Gasteiger partial charge on any atom is -0.375 e. The largest absolute Gasteiger partial charge is 0.375 e. The van der Waals surface area contributed by atoms with Gasteiger partial charge in [0.15, 0.2) is 5.13 Å². The molecule has 3 N–H and O–H groups in total. The summed E-state index contributed by atoms with van der Waals surface area (Å²) in [6.45, 7) is 3.90. The van der Waals surface area contributed by atoms with E-state index in [-0.39, 0.29) is 11.9 Å². The van der Waals surface area contributed by atoms with Crippen molar-refractivity contribution < 1.29 is 4.79 Å². The van der Waals surface area contributed by atoms with E-state index in [1.54, 1.807) is 10.9 Å². The van der Waals surface area contributed by atoms with E-state index in [1.165, 1.54) is 11.3 Å². The maximum Gasteiger partial charge on any atom is 0.225 e. The Labute approximate surface area is 122 Å². The van der Waals surface area contributed by atoms with Crippen molar-refractivity contribution in [2.45, 2.75) is 32.7 Å². The lowest BCUT2D eigenvalue weighted by Gasteiger charge is -2.15. The number of nitrogens with one attached hydrogen (secondary N) is 1. The van der Waals surface area contributed by atoms with Gasteiger partial charge in [0.05, 0.1) is 24.4 Å². The van der Waals surface area contributed by atoms with Crippen LogP contribution < -0.4 is 11.1 Å². The van der Waals surface area contributed by atoms with Crippen molar-refractivity contribution in [1.29, 1.82) is 0 Å². The maximum atomic E-state index is 12.1. The Morgan fingerprint density at radius 2 is 2.35 bits per heavy atom. The zero-order valence-corrected chi connectivity index (χ0v) is 12.7. The second-order valence-electron chi connectivity index (χ2n) is 4.71. The van der Waals surface area contributed by atoms with Crippen LogP contribution in [-0.4, -0.2) is 20.7 Å². The van der Waals surface area contributed by atoms with Crippen LogP contribution in [0, 0.1) is 6.92 Å². The van der Waals surface area contributed by atoms with Gasteiger partial charge in [0, 0.05) is 23.7 Å². The van der Waals surface area contributed by atoms with E-state index in [1.807, 2.05) is 27.1 Å². The number of thiazole rings is 1. The SMILES string of the molecule is CC[C@@H](NC(=O)Cc1sc(N)nc1C)c1cnn(C)c1. The number of nitrogen functional groups attached to an aromatic ring is 1. The van der Waals surface area contributed by atoms with Gasteiger partial charge in [-0.25, -0.2) is 4.98 Å². The van der Waals surface area contributed by atoms with Gasteiger partial charge in [-0.1, -0.05) is 6.92 Å². The predicted octanol–water partition coefficient (Wildman–Crippen LogP) is 1.58. The van der Waals surface area contributed by atoms with Crippen LogP contribution in [0.5, 0.6) is 0 Å². The highest BCUT2D eigenvalue weighted by Gasteiger charge is 2.16. The number of nitrogens with two attached hydrogens (primary N) is 1. The lowest BCUT2D eigenvalue weighted by molar-refractivity contribution is -0.121. The first-order valence-corrected chi connectivity index (χ1v) is 7.31. The average molecular weight is 293 g/mol. The molecule has 0 radical (unpaired) electrons. The average Bonchev–Trinajstić information content (AvgIpc) is 2.93. The summed E-state index contributed by atoms with van der Waals surface area (Å²) >= 11 is 1.37. The molecule has 20 heavy (non-hydrogen) atoms. The molecule has 0 unspecified atom stereocenters. The van der Waals surface area contributed by atoms with E-state index in [0.29, 0.717) is 11.6 Å². The standard InChI is InChI=1S/C13H19N5OS/c1-4-10(9-6-15-18(3)7-9)17-12(19)5-11-8(2)16-13(14)20-11/h6-7,10H,4-5H2,1-3H3,(H2,14,16)(H,17,19)/t10-/m1/s1. The van der Waals surface area contributed by atoms with Crippen LogP contribution in [-0.2, 0) is 18.3 Å². The lowest BCUT2D eigenvalue weighted by atomic mass is 10.1. The van der Waals surface area contributed by atoms with Crippen LogP contribution in [0.2, 0.25) is 0 Å². The molecule has 7 heteroatoms. The predicted molar refractivity (Wildman–Crippen MR) is 79.4 cm³/mol. The van der Waals surface area contributed by atoms with E-state index >= 15 is 0 Å². The number of anilines is 1. The lowest BCUT2D eigenvalue weighted by Crippen LogP contribution is -2.29. The summed E-state index contributed by atoms with van der Waals surface area (Å²) in [5.41, 5.74) is 7.49. The summed E-state index contributed by atoms with van der Waals surface area (Å²) in [4.78, 5) is 17.2. The Morgan fingerprint density at radius 3 is 2.85 bits per heavy atom. The molecule has 0 aliphatic carbocycles. The van der Waals surface area contributed by atoms with Crippen LogP contribution in [0.1, 0.15) is 35.5 Å². The molecule has 0 aliphatic heterocycles. The third kappa shape index (κ3) is 3.36. The summed E-state index contributed by atoms with van der Waals surface area (Å²) in [7, 11) is 1.86. The third-order valence-electron chi connectivity index (χ3n) is 3.10. The Balaban J connectivity index is 2.01. The number of aryl methyl sites for hydroxylation is 2. The summed E-state index contributed by atoms with van der Waals surface area (Å²) in [5, 5.41) is 7.67. The van der Waals surface area contributed by atoms with Crippen LogP contribution in [0.4, 0.5) is 5.13 Å². The summed E-state index contributed by atoms with van der Waals surface area (Å²) < 4.78 is 1.73. The number of hydrogen-bond acceptors (Lipinski definition) is 5. The summed E-state index contributed by atoms with van der Waals surface area (Å²) in [6, 6.07) is -0.0122. The normalized spacial score (nSPS) is 12.3. The fourth-order valence-electron chi connectivity index (χ4n) is 2.05. The summed E-state index contributed by atoms with van der Waals surface area (Å²) in [5.74, 6) is -0.0209. The molecule has 1 amide bonds. The van der Waals surface area contributed by atoms with Crippen molar-refractivity contribution >= 4 is 22.4 Å². The number of rotatable bonds is 5. The third-order valence-corrected chi connectivity index (χ3v) is 4.09. The topological polar surface area (TPSA) is 85.8 Å². The van der Waals surface area contributed by atoms with Gasteiger partial charge < -0.3 is 11.1 Å². The first-order valence-electron chi connectivity index (χ1n) is 6.49. The molecule has 0 saturated heterocycles. The van der Waals surface area contributed by atoms with E-state index in [0.717, 1.165) is 22.6 Å². The number of aromatic nitrogens is 3. The number of carbonyl (C=O) groups excluding carboxylic acids is 1. The minimum absolute atomic E-state index is 0.0122.